The van der Waals surface area contributed by atoms with E-state index in [0.29, 0.717) is 17.1 Å². The largest absolute Gasteiger partial charge is 0.493 e. The number of nitrogens with one attached hydrogen (secondary N) is 1. The molecule has 7 heteroatoms. The average Bonchev–Trinajstić information content (AvgIpc) is 2.44. The number of carbonyl (C=O) groups is 2. The maximum Gasteiger partial charge on any atom is 0.325 e. The number of ether oxygens (including phenoxy) is 2. The van der Waals surface area contributed by atoms with Gasteiger partial charge in [-0.1, -0.05) is 0 Å². The van der Waals surface area contributed by atoms with Crippen LogP contribution in [0.1, 0.15) is 12.5 Å². The number of hydrogen-bond donors (Lipinski definition) is 2. The van der Waals surface area contributed by atoms with Crippen molar-refractivity contribution in [1.29, 1.82) is 5.26 Å². The van der Waals surface area contributed by atoms with E-state index in [2.05, 4.69) is 5.32 Å². The molecule has 0 aliphatic carbocycles. The lowest BCUT2D eigenvalue weighted by Crippen LogP contribution is -2.40. The Kier molecular flexibility index (Phi) is 5.35. The van der Waals surface area contributed by atoms with E-state index in [1.807, 2.05) is 6.07 Å². The van der Waals surface area contributed by atoms with Crippen LogP contribution in [0.25, 0.3) is 0 Å². The molecule has 1 aromatic carbocycles. The van der Waals surface area contributed by atoms with Crippen LogP contribution in [0.15, 0.2) is 18.2 Å². The third-order valence-corrected chi connectivity index (χ3v) is 2.40. The smallest absolute Gasteiger partial charge is 0.325 e. The molecule has 0 fully saturated rings. The fourth-order valence-corrected chi connectivity index (χ4v) is 1.34. The summed E-state index contributed by atoms with van der Waals surface area (Å²) in [6, 6.07) is 5.47. The maximum atomic E-state index is 11.5. The first-order chi connectivity index (χ1) is 9.47. The van der Waals surface area contributed by atoms with E-state index in [0.717, 1.165) is 0 Å². The minimum Gasteiger partial charge on any atom is -0.493 e. The van der Waals surface area contributed by atoms with Crippen LogP contribution in [0.4, 0.5) is 0 Å². The zero-order valence-electron chi connectivity index (χ0n) is 11.0. The zero-order chi connectivity index (χ0) is 15.1. The summed E-state index contributed by atoms with van der Waals surface area (Å²) in [6.45, 7) is 1.00. The molecule has 0 radical (unpaired) electrons. The summed E-state index contributed by atoms with van der Waals surface area (Å²) in [5.74, 6) is -1.08. The molecular weight excluding hydrogens is 264 g/mol. The van der Waals surface area contributed by atoms with Gasteiger partial charge in [0.1, 0.15) is 6.04 Å². The molecule has 0 spiro atoms. The summed E-state index contributed by atoms with van der Waals surface area (Å²) < 4.78 is 10.3. The van der Waals surface area contributed by atoms with Crippen molar-refractivity contribution in [2.75, 3.05) is 13.7 Å². The Labute approximate surface area is 115 Å². The second-order valence-corrected chi connectivity index (χ2v) is 3.89. The highest BCUT2D eigenvalue weighted by Gasteiger charge is 2.15. The first kappa shape index (κ1) is 15.3. The van der Waals surface area contributed by atoms with Crippen molar-refractivity contribution in [2.45, 2.75) is 13.0 Å². The van der Waals surface area contributed by atoms with E-state index in [1.165, 1.54) is 32.2 Å². The summed E-state index contributed by atoms with van der Waals surface area (Å²) in [6.07, 6.45) is 0. The Bertz CT molecular complexity index is 550. The highest BCUT2D eigenvalue weighted by molar-refractivity contribution is 5.84. The molecule has 1 rings (SSSR count). The van der Waals surface area contributed by atoms with Crippen molar-refractivity contribution < 1.29 is 24.2 Å². The third-order valence-electron chi connectivity index (χ3n) is 2.40. The van der Waals surface area contributed by atoms with Crippen LogP contribution >= 0.6 is 0 Å². The van der Waals surface area contributed by atoms with Gasteiger partial charge in [0.2, 0.25) is 0 Å². The van der Waals surface area contributed by atoms with Crippen molar-refractivity contribution in [3.05, 3.63) is 23.8 Å². The number of methoxy groups -OCH3 is 1. The normalized spacial score (nSPS) is 11.1. The summed E-state index contributed by atoms with van der Waals surface area (Å²) in [5.41, 5.74) is 0.401. The van der Waals surface area contributed by atoms with Crippen LogP contribution in [0.3, 0.4) is 0 Å². The highest BCUT2D eigenvalue weighted by Crippen LogP contribution is 2.27. The lowest BCUT2D eigenvalue weighted by atomic mass is 10.2. The van der Waals surface area contributed by atoms with Crippen molar-refractivity contribution in [1.82, 2.24) is 5.32 Å². The summed E-state index contributed by atoms with van der Waals surface area (Å²) >= 11 is 0. The van der Waals surface area contributed by atoms with Gasteiger partial charge in [0.05, 0.1) is 18.7 Å². The number of benzene rings is 1. The molecule has 1 amide bonds. The Balaban J connectivity index is 2.64. The number of carbonyl (C=O) groups excluding carboxylic acids is 1. The number of nitriles is 1. The van der Waals surface area contributed by atoms with Crippen LogP contribution in [0, 0.1) is 11.3 Å². The molecule has 0 saturated carbocycles. The van der Waals surface area contributed by atoms with Crippen LogP contribution in [0.5, 0.6) is 11.5 Å². The van der Waals surface area contributed by atoms with Crippen molar-refractivity contribution in [2.24, 2.45) is 0 Å². The minimum absolute atomic E-state index is 0.296. The third kappa shape index (κ3) is 4.17. The molecule has 0 bridgehead atoms. The SMILES string of the molecule is COc1cc(C#N)ccc1OCC(=O)N[C@H](C)C(=O)O. The molecule has 106 valence electrons. The molecule has 0 heterocycles. The molecule has 0 unspecified atom stereocenters. The first-order valence-corrected chi connectivity index (χ1v) is 5.71. The average molecular weight is 278 g/mol. The van der Waals surface area contributed by atoms with Crippen LogP contribution in [-0.2, 0) is 9.59 Å². The maximum absolute atomic E-state index is 11.5. The van der Waals surface area contributed by atoms with Gasteiger partial charge in [-0.05, 0) is 19.1 Å². The molecule has 7 nitrogen and oxygen atoms in total. The molecule has 0 aliphatic heterocycles. The molecule has 1 atom stereocenters. The van der Waals surface area contributed by atoms with Gasteiger partial charge in [-0.2, -0.15) is 5.26 Å². The molecule has 0 saturated heterocycles. The summed E-state index contributed by atoms with van der Waals surface area (Å²) in [4.78, 5) is 22.0. The lowest BCUT2D eigenvalue weighted by molar-refractivity contribution is -0.141. The molecule has 0 aromatic heterocycles. The molecule has 2 N–H and O–H groups in total. The molecular formula is C13H14N2O5. The van der Waals surface area contributed by atoms with Crippen LogP contribution in [0.2, 0.25) is 0 Å². The van der Waals surface area contributed by atoms with E-state index in [-0.39, 0.29) is 6.61 Å². The predicted molar refractivity (Wildman–Crippen MR) is 68.4 cm³/mol. The van der Waals surface area contributed by atoms with E-state index in [9.17, 15) is 9.59 Å². The number of carboxylic acid groups (broad SMARTS) is 1. The van der Waals surface area contributed by atoms with Gasteiger partial charge in [0, 0.05) is 6.07 Å². The van der Waals surface area contributed by atoms with Gasteiger partial charge in [-0.15, -0.1) is 0 Å². The fourth-order valence-electron chi connectivity index (χ4n) is 1.34. The van der Waals surface area contributed by atoms with Gasteiger partial charge in [0.25, 0.3) is 5.91 Å². The quantitative estimate of drug-likeness (QED) is 0.786. The second-order valence-electron chi connectivity index (χ2n) is 3.89. The highest BCUT2D eigenvalue weighted by atomic mass is 16.5. The predicted octanol–water partition coefficient (Wildman–Crippen LogP) is 0.535. The van der Waals surface area contributed by atoms with Gasteiger partial charge in [-0.25, -0.2) is 0 Å². The Morgan fingerprint density at radius 1 is 1.45 bits per heavy atom. The van der Waals surface area contributed by atoms with E-state index < -0.39 is 17.9 Å². The molecule has 1 aromatic rings. The number of hydrogen-bond acceptors (Lipinski definition) is 5. The zero-order valence-corrected chi connectivity index (χ0v) is 11.0. The minimum atomic E-state index is -1.13. The number of carboxylic acids is 1. The standard InChI is InChI=1S/C13H14N2O5/c1-8(13(17)18)15-12(16)7-20-10-4-3-9(6-14)5-11(10)19-2/h3-5,8H,7H2,1-2H3,(H,15,16)(H,17,18)/t8-/m1/s1. The van der Waals surface area contributed by atoms with Crippen molar-refractivity contribution in [3.8, 4) is 17.6 Å². The number of aliphatic carboxylic acids is 1. The fraction of sp³-hybridized carbons (Fsp3) is 0.308. The van der Waals surface area contributed by atoms with Gasteiger partial charge in [-0.3, -0.25) is 9.59 Å². The van der Waals surface area contributed by atoms with Crippen molar-refractivity contribution >= 4 is 11.9 Å². The van der Waals surface area contributed by atoms with E-state index in [1.54, 1.807) is 0 Å². The topological polar surface area (TPSA) is 109 Å². The Morgan fingerprint density at radius 2 is 2.15 bits per heavy atom. The lowest BCUT2D eigenvalue weighted by Gasteiger charge is -2.12. The number of nitrogens with zero attached hydrogens (tertiary/aromatic N) is 1. The van der Waals surface area contributed by atoms with Gasteiger partial charge < -0.3 is 19.9 Å². The number of amides is 1. The Hall–Kier alpha value is -2.75. The van der Waals surface area contributed by atoms with Gasteiger partial charge >= 0.3 is 5.97 Å². The summed E-state index contributed by atoms with van der Waals surface area (Å²) in [5, 5.41) is 19.7. The van der Waals surface area contributed by atoms with Crippen LogP contribution < -0.4 is 14.8 Å². The Morgan fingerprint density at radius 3 is 2.70 bits per heavy atom. The number of rotatable bonds is 6. The molecule has 0 aliphatic rings. The van der Waals surface area contributed by atoms with Crippen LogP contribution in [-0.4, -0.2) is 36.7 Å². The first-order valence-electron chi connectivity index (χ1n) is 5.71. The second kappa shape index (κ2) is 6.99. The van der Waals surface area contributed by atoms with Crippen molar-refractivity contribution in [3.63, 3.8) is 0 Å². The monoisotopic (exact) mass is 278 g/mol. The van der Waals surface area contributed by atoms with E-state index in [4.69, 9.17) is 19.8 Å². The van der Waals surface area contributed by atoms with E-state index >= 15 is 0 Å². The summed E-state index contributed by atoms with van der Waals surface area (Å²) in [7, 11) is 1.41. The van der Waals surface area contributed by atoms with Gasteiger partial charge in [0.15, 0.2) is 18.1 Å². The molecule has 20 heavy (non-hydrogen) atoms.